The van der Waals surface area contributed by atoms with E-state index >= 15 is 0 Å². The molecule has 1 unspecified atom stereocenters. The minimum absolute atomic E-state index is 0.0231. The summed E-state index contributed by atoms with van der Waals surface area (Å²) in [4.78, 5) is 0. The predicted octanol–water partition coefficient (Wildman–Crippen LogP) is 1.82. The van der Waals surface area contributed by atoms with Gasteiger partial charge in [0.15, 0.2) is 0 Å². The third-order valence-corrected chi connectivity index (χ3v) is 1.89. The van der Waals surface area contributed by atoms with Crippen LogP contribution >= 0.6 is 0 Å². The number of aliphatic hydroxyl groups is 1. The molecule has 2 heteroatoms. The van der Waals surface area contributed by atoms with Crippen LogP contribution in [0.25, 0.3) is 0 Å². The van der Waals surface area contributed by atoms with Gasteiger partial charge in [-0.1, -0.05) is 20.3 Å². The molecule has 0 aromatic carbocycles. The molecule has 0 aromatic rings. The van der Waals surface area contributed by atoms with Gasteiger partial charge in [0.2, 0.25) is 0 Å². The van der Waals surface area contributed by atoms with E-state index in [1.807, 2.05) is 6.92 Å². The van der Waals surface area contributed by atoms with Crippen molar-refractivity contribution in [3.05, 3.63) is 0 Å². The summed E-state index contributed by atoms with van der Waals surface area (Å²) < 4.78 is 5.28. The molecule has 68 valence electrons. The van der Waals surface area contributed by atoms with Gasteiger partial charge in [-0.3, -0.25) is 0 Å². The summed E-state index contributed by atoms with van der Waals surface area (Å²) in [7, 11) is 0. The smallest absolute Gasteiger partial charge is 0.0541 e. The molecule has 11 heavy (non-hydrogen) atoms. The Bertz CT molecular complexity index is 93.6. The van der Waals surface area contributed by atoms with Crippen LogP contribution in [0, 0.1) is 5.41 Å². The fourth-order valence-electron chi connectivity index (χ4n) is 1.15. The van der Waals surface area contributed by atoms with Crippen LogP contribution < -0.4 is 0 Å². The van der Waals surface area contributed by atoms with E-state index in [2.05, 4.69) is 13.8 Å². The lowest BCUT2D eigenvalue weighted by molar-refractivity contribution is 0.0168. The summed E-state index contributed by atoms with van der Waals surface area (Å²) in [6.45, 7) is 7.80. The van der Waals surface area contributed by atoms with Crippen LogP contribution in [0.4, 0.5) is 0 Å². The van der Waals surface area contributed by atoms with Gasteiger partial charge in [-0.15, -0.1) is 0 Å². The Labute approximate surface area is 69.6 Å². The SMILES string of the molecule is CCCC(C)(CO)COCC. The molecule has 0 heterocycles. The topological polar surface area (TPSA) is 29.5 Å². The molecule has 0 aliphatic carbocycles. The van der Waals surface area contributed by atoms with Gasteiger partial charge in [0, 0.05) is 12.0 Å². The second-order valence-corrected chi connectivity index (χ2v) is 3.36. The second-order valence-electron chi connectivity index (χ2n) is 3.36. The van der Waals surface area contributed by atoms with Gasteiger partial charge in [0.05, 0.1) is 13.2 Å². The number of rotatable bonds is 6. The normalized spacial score (nSPS) is 16.4. The van der Waals surface area contributed by atoms with E-state index in [1.54, 1.807) is 0 Å². The predicted molar refractivity (Wildman–Crippen MR) is 46.6 cm³/mol. The average molecular weight is 160 g/mol. The van der Waals surface area contributed by atoms with Gasteiger partial charge in [-0.25, -0.2) is 0 Å². The van der Waals surface area contributed by atoms with Gasteiger partial charge in [-0.2, -0.15) is 0 Å². The Morgan fingerprint density at radius 3 is 2.36 bits per heavy atom. The number of hydrogen-bond donors (Lipinski definition) is 1. The standard InChI is InChI=1S/C9H20O2/c1-4-6-9(3,7-10)8-11-5-2/h10H,4-8H2,1-3H3. The van der Waals surface area contributed by atoms with Crippen molar-refractivity contribution in [1.29, 1.82) is 0 Å². The summed E-state index contributed by atoms with van der Waals surface area (Å²) in [5.41, 5.74) is -0.0231. The first-order valence-electron chi connectivity index (χ1n) is 4.37. The zero-order chi connectivity index (χ0) is 8.74. The van der Waals surface area contributed by atoms with Crippen molar-refractivity contribution in [3.8, 4) is 0 Å². The zero-order valence-corrected chi connectivity index (χ0v) is 7.89. The first-order valence-corrected chi connectivity index (χ1v) is 4.37. The molecule has 0 radical (unpaired) electrons. The zero-order valence-electron chi connectivity index (χ0n) is 7.89. The van der Waals surface area contributed by atoms with Crippen LogP contribution in [0.3, 0.4) is 0 Å². The van der Waals surface area contributed by atoms with E-state index in [1.165, 1.54) is 0 Å². The van der Waals surface area contributed by atoms with Crippen molar-refractivity contribution in [3.63, 3.8) is 0 Å². The minimum atomic E-state index is -0.0231. The van der Waals surface area contributed by atoms with E-state index < -0.39 is 0 Å². The molecule has 0 rings (SSSR count). The fourth-order valence-corrected chi connectivity index (χ4v) is 1.15. The van der Waals surface area contributed by atoms with Crippen molar-refractivity contribution in [2.24, 2.45) is 5.41 Å². The molecule has 0 saturated carbocycles. The van der Waals surface area contributed by atoms with E-state index in [9.17, 15) is 0 Å². The van der Waals surface area contributed by atoms with E-state index in [0.29, 0.717) is 6.61 Å². The quantitative estimate of drug-likeness (QED) is 0.642. The minimum Gasteiger partial charge on any atom is -0.396 e. The van der Waals surface area contributed by atoms with Crippen LogP contribution in [0.2, 0.25) is 0 Å². The second kappa shape index (κ2) is 5.56. The van der Waals surface area contributed by atoms with E-state index in [0.717, 1.165) is 19.4 Å². The Morgan fingerprint density at radius 2 is 2.00 bits per heavy atom. The molecule has 1 atom stereocenters. The molecule has 2 nitrogen and oxygen atoms in total. The lowest BCUT2D eigenvalue weighted by Gasteiger charge is -2.25. The molecule has 0 aromatic heterocycles. The Hall–Kier alpha value is -0.0800. The van der Waals surface area contributed by atoms with Crippen LogP contribution in [-0.4, -0.2) is 24.9 Å². The molecule has 0 saturated heterocycles. The highest BCUT2D eigenvalue weighted by Crippen LogP contribution is 2.22. The molecule has 1 N–H and O–H groups in total. The molecular weight excluding hydrogens is 140 g/mol. The van der Waals surface area contributed by atoms with Crippen molar-refractivity contribution in [1.82, 2.24) is 0 Å². The lowest BCUT2D eigenvalue weighted by atomic mass is 9.88. The van der Waals surface area contributed by atoms with Crippen molar-refractivity contribution < 1.29 is 9.84 Å². The summed E-state index contributed by atoms with van der Waals surface area (Å²) in [5.74, 6) is 0. The van der Waals surface area contributed by atoms with Crippen LogP contribution in [-0.2, 0) is 4.74 Å². The largest absolute Gasteiger partial charge is 0.396 e. The highest BCUT2D eigenvalue weighted by molar-refractivity contribution is 4.71. The van der Waals surface area contributed by atoms with Crippen molar-refractivity contribution in [2.45, 2.75) is 33.6 Å². The molecule has 0 bridgehead atoms. The fraction of sp³-hybridized carbons (Fsp3) is 1.00. The maximum absolute atomic E-state index is 9.06. The molecular formula is C9H20O2. The molecule has 0 aliphatic heterocycles. The Balaban J connectivity index is 3.68. The number of hydrogen-bond acceptors (Lipinski definition) is 2. The summed E-state index contributed by atoms with van der Waals surface area (Å²) in [6.07, 6.45) is 2.13. The first kappa shape index (κ1) is 10.9. The molecule has 0 aliphatic rings. The first-order chi connectivity index (χ1) is 5.18. The highest BCUT2D eigenvalue weighted by Gasteiger charge is 2.21. The highest BCUT2D eigenvalue weighted by atomic mass is 16.5. The van der Waals surface area contributed by atoms with Crippen LogP contribution in [0.1, 0.15) is 33.6 Å². The maximum atomic E-state index is 9.06. The summed E-state index contributed by atoms with van der Waals surface area (Å²) >= 11 is 0. The monoisotopic (exact) mass is 160 g/mol. The average Bonchev–Trinajstić information content (AvgIpc) is 2.02. The third-order valence-electron chi connectivity index (χ3n) is 1.89. The summed E-state index contributed by atoms with van der Waals surface area (Å²) in [6, 6.07) is 0. The third kappa shape index (κ3) is 4.38. The van der Waals surface area contributed by atoms with Gasteiger partial charge in [0.1, 0.15) is 0 Å². The lowest BCUT2D eigenvalue weighted by Crippen LogP contribution is -2.27. The molecule has 0 spiro atoms. The number of aliphatic hydroxyl groups excluding tert-OH is 1. The molecule has 0 fully saturated rings. The number of ether oxygens (including phenoxy) is 1. The van der Waals surface area contributed by atoms with Crippen molar-refractivity contribution in [2.75, 3.05) is 19.8 Å². The van der Waals surface area contributed by atoms with Gasteiger partial charge >= 0.3 is 0 Å². The van der Waals surface area contributed by atoms with Crippen LogP contribution in [0.5, 0.6) is 0 Å². The van der Waals surface area contributed by atoms with Crippen LogP contribution in [0.15, 0.2) is 0 Å². The van der Waals surface area contributed by atoms with Gasteiger partial charge in [-0.05, 0) is 13.3 Å². The Kier molecular flexibility index (Phi) is 5.51. The van der Waals surface area contributed by atoms with E-state index in [4.69, 9.17) is 9.84 Å². The van der Waals surface area contributed by atoms with E-state index in [-0.39, 0.29) is 12.0 Å². The maximum Gasteiger partial charge on any atom is 0.0541 e. The summed E-state index contributed by atoms with van der Waals surface area (Å²) in [5, 5.41) is 9.06. The van der Waals surface area contributed by atoms with Gasteiger partial charge in [0.25, 0.3) is 0 Å². The molecule has 0 amide bonds. The van der Waals surface area contributed by atoms with Crippen molar-refractivity contribution >= 4 is 0 Å². The Morgan fingerprint density at radius 1 is 1.36 bits per heavy atom. The van der Waals surface area contributed by atoms with Gasteiger partial charge < -0.3 is 9.84 Å².